The number of halogens is 1. The molecule has 7 nitrogen and oxygen atoms in total. The number of ether oxygens (including phenoxy) is 1. The highest BCUT2D eigenvalue weighted by molar-refractivity contribution is 5.79. The predicted octanol–water partition coefficient (Wildman–Crippen LogP) is 3.18. The van der Waals surface area contributed by atoms with Gasteiger partial charge in [0.1, 0.15) is 23.5 Å². The monoisotopic (exact) mass is 423 g/mol. The van der Waals surface area contributed by atoms with Crippen LogP contribution in [0.25, 0.3) is 0 Å². The molecule has 1 amide bonds. The third-order valence-corrected chi connectivity index (χ3v) is 5.36. The van der Waals surface area contributed by atoms with E-state index in [0.717, 1.165) is 18.5 Å². The summed E-state index contributed by atoms with van der Waals surface area (Å²) in [4.78, 5) is 18.6. The zero-order chi connectivity index (χ0) is 22.4. The molecular formula is C23H26FN5O2. The van der Waals surface area contributed by atoms with Gasteiger partial charge in [0.25, 0.3) is 0 Å². The Kier molecular flexibility index (Phi) is 6.88. The molecule has 1 aliphatic carbocycles. The van der Waals surface area contributed by atoms with E-state index in [4.69, 9.17) is 10.00 Å². The van der Waals surface area contributed by atoms with Gasteiger partial charge in [0.2, 0.25) is 5.91 Å². The van der Waals surface area contributed by atoms with Gasteiger partial charge in [0, 0.05) is 35.7 Å². The normalized spacial score (nSPS) is 14.5. The maximum Gasteiger partial charge on any atom is 0.237 e. The second-order valence-corrected chi connectivity index (χ2v) is 7.40. The number of hydrogen-bond donors (Lipinski definition) is 2. The van der Waals surface area contributed by atoms with Crippen LogP contribution in [0.4, 0.5) is 10.2 Å². The van der Waals surface area contributed by atoms with Gasteiger partial charge in [-0.1, -0.05) is 0 Å². The molecule has 2 N–H and O–H groups in total. The summed E-state index contributed by atoms with van der Waals surface area (Å²) in [5.41, 5.74) is 1.28. The second kappa shape index (κ2) is 9.58. The van der Waals surface area contributed by atoms with Crippen LogP contribution in [0.1, 0.15) is 37.8 Å². The third kappa shape index (κ3) is 5.19. The van der Waals surface area contributed by atoms with Crippen molar-refractivity contribution in [2.75, 3.05) is 25.1 Å². The van der Waals surface area contributed by atoms with Crippen molar-refractivity contribution in [3.8, 4) is 11.8 Å². The zero-order valence-electron chi connectivity index (χ0n) is 17.9. The first kappa shape index (κ1) is 22.2. The largest absolute Gasteiger partial charge is 0.497 e. The summed E-state index contributed by atoms with van der Waals surface area (Å²) in [5.74, 6) is 0.741. The molecule has 1 saturated carbocycles. The number of carbonyl (C=O) groups excluding carboxylic acids is 1. The molecule has 0 unspecified atom stereocenters. The molecule has 2 aromatic rings. The Hall–Kier alpha value is -3.44. The fraction of sp³-hybridized carbons (Fsp3) is 0.348. The number of carbonyl (C=O) groups is 1. The lowest BCUT2D eigenvalue weighted by Crippen LogP contribution is -2.38. The van der Waals surface area contributed by atoms with Gasteiger partial charge in [0.15, 0.2) is 0 Å². The van der Waals surface area contributed by atoms with Gasteiger partial charge in [0.05, 0.1) is 19.2 Å². The number of benzene rings is 1. The first-order valence-electron chi connectivity index (χ1n) is 10.1. The molecule has 0 bridgehead atoms. The molecule has 31 heavy (non-hydrogen) atoms. The Labute approximate surface area is 181 Å². The van der Waals surface area contributed by atoms with Crippen LogP contribution >= 0.6 is 0 Å². The van der Waals surface area contributed by atoms with Crippen LogP contribution in [0.2, 0.25) is 0 Å². The van der Waals surface area contributed by atoms with Gasteiger partial charge < -0.3 is 15.0 Å². The topological polar surface area (TPSA) is 90.3 Å². The number of rotatable bonds is 9. The van der Waals surface area contributed by atoms with Crippen molar-refractivity contribution in [2.45, 2.75) is 32.2 Å². The van der Waals surface area contributed by atoms with E-state index in [1.165, 1.54) is 12.3 Å². The van der Waals surface area contributed by atoms with Crippen LogP contribution in [-0.2, 0) is 10.3 Å². The molecule has 0 saturated heterocycles. The lowest BCUT2D eigenvalue weighted by molar-refractivity contribution is -0.119. The van der Waals surface area contributed by atoms with Gasteiger partial charge in [-0.2, -0.15) is 5.26 Å². The van der Waals surface area contributed by atoms with E-state index >= 15 is 0 Å². The van der Waals surface area contributed by atoms with Gasteiger partial charge >= 0.3 is 0 Å². The Bertz CT molecular complexity index is 1010. The van der Waals surface area contributed by atoms with E-state index in [9.17, 15) is 9.18 Å². The molecule has 162 valence electrons. The second-order valence-electron chi connectivity index (χ2n) is 7.40. The standard InChI is InChI=1S/C23H26FN5O2/c1-4-29(21-8-5-17(12-25)14-26-21)16(2)13-27-22(30)15-28-23(9-10-23)19-11-18(31-3)6-7-20(19)24/h5-8,11,13-14,28H,4,9-10,15H2,1-3H3,(H,27,30)/b16-13+. The van der Waals surface area contributed by atoms with Crippen LogP contribution in [0.5, 0.6) is 5.75 Å². The molecule has 1 fully saturated rings. The minimum atomic E-state index is -0.531. The number of allylic oxidation sites excluding steroid dienone is 1. The van der Waals surface area contributed by atoms with Crippen LogP contribution in [0, 0.1) is 17.1 Å². The van der Waals surface area contributed by atoms with Crippen molar-refractivity contribution in [3.63, 3.8) is 0 Å². The third-order valence-electron chi connectivity index (χ3n) is 5.36. The van der Waals surface area contributed by atoms with E-state index in [2.05, 4.69) is 15.6 Å². The summed E-state index contributed by atoms with van der Waals surface area (Å²) in [5, 5.41) is 14.9. The van der Waals surface area contributed by atoms with E-state index in [1.807, 2.05) is 24.8 Å². The smallest absolute Gasteiger partial charge is 0.237 e. The summed E-state index contributed by atoms with van der Waals surface area (Å²) in [6, 6.07) is 10.2. The quantitative estimate of drug-likeness (QED) is 0.644. The number of methoxy groups -OCH3 is 1. The van der Waals surface area contributed by atoms with Gasteiger partial charge in [-0.05, 0) is 57.0 Å². The highest BCUT2D eigenvalue weighted by Crippen LogP contribution is 2.47. The molecule has 1 aliphatic rings. The molecular weight excluding hydrogens is 397 g/mol. The number of nitriles is 1. The van der Waals surface area contributed by atoms with Gasteiger partial charge in [-0.25, -0.2) is 9.37 Å². The molecule has 0 radical (unpaired) electrons. The van der Waals surface area contributed by atoms with E-state index in [1.54, 1.807) is 37.6 Å². The number of pyridine rings is 1. The van der Waals surface area contributed by atoms with Crippen LogP contribution in [0.3, 0.4) is 0 Å². The van der Waals surface area contributed by atoms with Crippen LogP contribution < -0.4 is 20.3 Å². The van der Waals surface area contributed by atoms with Gasteiger partial charge in [-0.15, -0.1) is 0 Å². The first-order chi connectivity index (χ1) is 14.9. The Morgan fingerprint density at radius 3 is 2.74 bits per heavy atom. The SMILES string of the molecule is CCN(/C(C)=C/NC(=O)CNC1(c2cc(OC)ccc2F)CC1)c1ccc(C#N)cn1. The summed E-state index contributed by atoms with van der Waals surface area (Å²) < 4.78 is 19.5. The van der Waals surface area contributed by atoms with Crippen molar-refractivity contribution in [1.29, 1.82) is 5.26 Å². The van der Waals surface area contributed by atoms with Crippen LogP contribution in [0.15, 0.2) is 48.4 Å². The average Bonchev–Trinajstić information content (AvgIpc) is 3.58. The number of aromatic nitrogens is 1. The molecule has 1 heterocycles. The average molecular weight is 423 g/mol. The highest BCUT2D eigenvalue weighted by Gasteiger charge is 2.46. The fourth-order valence-corrected chi connectivity index (χ4v) is 3.43. The van der Waals surface area contributed by atoms with Crippen molar-refractivity contribution in [2.24, 2.45) is 0 Å². The van der Waals surface area contributed by atoms with E-state index in [-0.39, 0.29) is 18.3 Å². The molecule has 1 aromatic carbocycles. The Balaban J connectivity index is 1.60. The fourth-order valence-electron chi connectivity index (χ4n) is 3.43. The predicted molar refractivity (Wildman–Crippen MR) is 116 cm³/mol. The van der Waals surface area contributed by atoms with Crippen molar-refractivity contribution in [3.05, 3.63) is 65.4 Å². The lowest BCUT2D eigenvalue weighted by atomic mass is 10.0. The molecule has 0 spiro atoms. The highest BCUT2D eigenvalue weighted by atomic mass is 19.1. The molecule has 0 atom stereocenters. The maximum atomic E-state index is 14.3. The summed E-state index contributed by atoms with van der Waals surface area (Å²) in [6.45, 7) is 4.54. The molecule has 3 rings (SSSR count). The van der Waals surface area contributed by atoms with Gasteiger partial charge in [-0.3, -0.25) is 10.1 Å². The number of amides is 1. The summed E-state index contributed by atoms with van der Waals surface area (Å²) >= 11 is 0. The molecule has 1 aromatic heterocycles. The summed E-state index contributed by atoms with van der Waals surface area (Å²) in [6.07, 6.45) is 4.65. The Morgan fingerprint density at radius 1 is 1.39 bits per heavy atom. The number of hydrogen-bond acceptors (Lipinski definition) is 6. The number of nitrogens with zero attached hydrogens (tertiary/aromatic N) is 3. The molecule has 0 aliphatic heterocycles. The summed E-state index contributed by atoms with van der Waals surface area (Å²) in [7, 11) is 1.54. The van der Waals surface area contributed by atoms with E-state index < -0.39 is 5.54 Å². The minimum absolute atomic E-state index is 0.0572. The van der Waals surface area contributed by atoms with Crippen molar-refractivity contribution in [1.82, 2.24) is 15.6 Å². The first-order valence-corrected chi connectivity index (χ1v) is 10.1. The van der Waals surface area contributed by atoms with Crippen molar-refractivity contribution >= 4 is 11.7 Å². The Morgan fingerprint density at radius 2 is 2.16 bits per heavy atom. The van der Waals surface area contributed by atoms with Crippen molar-refractivity contribution < 1.29 is 13.9 Å². The number of anilines is 1. The van der Waals surface area contributed by atoms with E-state index in [0.29, 0.717) is 29.2 Å². The van der Waals surface area contributed by atoms with Crippen LogP contribution in [-0.4, -0.2) is 31.1 Å². The lowest BCUT2D eigenvalue weighted by Gasteiger charge is -2.23. The number of nitrogens with one attached hydrogen (secondary N) is 2. The zero-order valence-corrected chi connectivity index (χ0v) is 17.9. The maximum absolute atomic E-state index is 14.3. The minimum Gasteiger partial charge on any atom is -0.497 e. The molecule has 8 heteroatoms.